The Labute approximate surface area is 123 Å². The smallest absolute Gasteiger partial charge is 0.269 e. The molecule has 1 aliphatic carbocycles. The minimum Gasteiger partial charge on any atom is -0.354 e. The highest BCUT2D eigenvalue weighted by molar-refractivity contribution is 6.00. The number of nitrogens with one attached hydrogen (secondary N) is 3. The van der Waals surface area contributed by atoms with Gasteiger partial charge >= 0.3 is 0 Å². The van der Waals surface area contributed by atoms with Crippen molar-refractivity contribution < 1.29 is 9.59 Å². The van der Waals surface area contributed by atoms with E-state index in [-0.39, 0.29) is 23.8 Å². The van der Waals surface area contributed by atoms with Gasteiger partial charge in [-0.05, 0) is 31.6 Å². The molecule has 0 radical (unpaired) electrons. The summed E-state index contributed by atoms with van der Waals surface area (Å²) in [5, 5.41) is 12.2. The first-order valence-electron chi connectivity index (χ1n) is 7.46. The van der Waals surface area contributed by atoms with Crippen LogP contribution in [0.1, 0.15) is 54.1 Å². The highest BCUT2D eigenvalue weighted by Gasteiger charge is 2.38. The second kappa shape index (κ2) is 5.48. The molecule has 0 saturated heterocycles. The summed E-state index contributed by atoms with van der Waals surface area (Å²) in [6.07, 6.45) is 4.36. The maximum atomic E-state index is 12.0. The van der Waals surface area contributed by atoms with Gasteiger partial charge in [0.25, 0.3) is 5.91 Å². The third-order valence-electron chi connectivity index (χ3n) is 4.68. The van der Waals surface area contributed by atoms with Gasteiger partial charge in [0.05, 0.1) is 0 Å². The van der Waals surface area contributed by atoms with E-state index < -0.39 is 0 Å². The second-order valence-corrected chi connectivity index (χ2v) is 5.97. The molecular formula is C14H21N5O2. The van der Waals surface area contributed by atoms with E-state index in [2.05, 4.69) is 20.8 Å². The van der Waals surface area contributed by atoms with E-state index >= 15 is 0 Å². The van der Waals surface area contributed by atoms with Crippen LogP contribution in [0.25, 0.3) is 0 Å². The number of nitrogens with two attached hydrogens (primary N) is 1. The summed E-state index contributed by atoms with van der Waals surface area (Å²) in [5.41, 5.74) is 7.29. The first kappa shape index (κ1) is 14.1. The van der Waals surface area contributed by atoms with Gasteiger partial charge in [-0.25, -0.2) is 0 Å². The van der Waals surface area contributed by atoms with Crippen molar-refractivity contribution >= 4 is 17.6 Å². The number of hydrogen-bond donors (Lipinski definition) is 4. The molecule has 1 unspecified atom stereocenters. The molecule has 21 heavy (non-hydrogen) atoms. The number of aromatic nitrogens is 2. The zero-order chi connectivity index (χ0) is 15.0. The minimum absolute atomic E-state index is 0.0303. The lowest BCUT2D eigenvalue weighted by Crippen LogP contribution is -2.33. The lowest BCUT2D eigenvalue weighted by Gasteiger charge is -2.34. The molecule has 2 amide bonds. The quantitative estimate of drug-likeness (QED) is 0.642. The lowest BCUT2D eigenvalue weighted by molar-refractivity contribution is -0.117. The Balaban J connectivity index is 1.94. The van der Waals surface area contributed by atoms with Crippen LogP contribution in [0.15, 0.2) is 0 Å². The Hall–Kier alpha value is -1.89. The van der Waals surface area contributed by atoms with Crippen LogP contribution in [0.5, 0.6) is 0 Å². The fraction of sp³-hybridized carbons (Fsp3) is 0.643. The molecule has 114 valence electrons. The van der Waals surface area contributed by atoms with Crippen LogP contribution in [0, 0.1) is 5.92 Å². The summed E-state index contributed by atoms with van der Waals surface area (Å²) in [7, 11) is 1.59. The number of aromatic amines is 1. The highest BCUT2D eigenvalue weighted by Crippen LogP contribution is 2.43. The maximum Gasteiger partial charge on any atom is 0.269 e. The number of H-pyrrole nitrogens is 1. The molecule has 1 fully saturated rings. The number of nitrogens with zero attached hydrogens (tertiary/aromatic N) is 1. The van der Waals surface area contributed by atoms with Crippen LogP contribution in [-0.4, -0.2) is 35.1 Å². The van der Waals surface area contributed by atoms with E-state index in [4.69, 9.17) is 5.73 Å². The monoisotopic (exact) mass is 291 g/mol. The van der Waals surface area contributed by atoms with Crippen molar-refractivity contribution in [3.8, 4) is 0 Å². The predicted molar refractivity (Wildman–Crippen MR) is 77.9 cm³/mol. The van der Waals surface area contributed by atoms with Crippen molar-refractivity contribution in [3.63, 3.8) is 0 Å². The first-order chi connectivity index (χ1) is 10.1. The van der Waals surface area contributed by atoms with Crippen LogP contribution >= 0.6 is 0 Å². The number of hydrogen-bond acceptors (Lipinski definition) is 4. The van der Waals surface area contributed by atoms with Crippen molar-refractivity contribution in [2.75, 3.05) is 12.4 Å². The minimum atomic E-state index is -0.197. The van der Waals surface area contributed by atoms with Crippen molar-refractivity contribution in [1.82, 2.24) is 15.5 Å². The van der Waals surface area contributed by atoms with Gasteiger partial charge in [0.1, 0.15) is 5.69 Å². The van der Waals surface area contributed by atoms with Crippen LogP contribution < -0.4 is 16.4 Å². The van der Waals surface area contributed by atoms with Gasteiger partial charge in [0, 0.05) is 31.0 Å². The first-order valence-corrected chi connectivity index (χ1v) is 7.46. The summed E-state index contributed by atoms with van der Waals surface area (Å²) < 4.78 is 0. The average Bonchev–Trinajstić information content (AvgIpc) is 2.90. The predicted octanol–water partition coefficient (Wildman–Crippen LogP) is 0.713. The van der Waals surface area contributed by atoms with Gasteiger partial charge in [-0.15, -0.1) is 0 Å². The van der Waals surface area contributed by atoms with Gasteiger partial charge in [-0.2, -0.15) is 5.10 Å². The molecule has 2 aliphatic rings. The van der Waals surface area contributed by atoms with Gasteiger partial charge in [0.2, 0.25) is 5.91 Å². The topological polar surface area (TPSA) is 113 Å². The molecule has 2 heterocycles. The Morgan fingerprint density at radius 2 is 2.05 bits per heavy atom. The van der Waals surface area contributed by atoms with Crippen LogP contribution in [0.4, 0.5) is 5.82 Å². The van der Waals surface area contributed by atoms with E-state index in [1.165, 1.54) is 0 Å². The molecule has 0 bridgehead atoms. The fourth-order valence-electron chi connectivity index (χ4n) is 3.54. The van der Waals surface area contributed by atoms with Crippen LogP contribution in [0.3, 0.4) is 0 Å². The van der Waals surface area contributed by atoms with Crippen molar-refractivity contribution in [2.24, 2.45) is 11.7 Å². The van der Waals surface area contributed by atoms with E-state index in [1.807, 2.05) is 0 Å². The van der Waals surface area contributed by atoms with Crippen molar-refractivity contribution in [2.45, 2.75) is 44.1 Å². The van der Waals surface area contributed by atoms with Gasteiger partial charge < -0.3 is 16.4 Å². The SMILES string of the molecule is CNC(=O)c1[nH]nc2c1C(C1CCC(N)CC1)CC(=O)N2. The molecule has 7 nitrogen and oxygen atoms in total. The van der Waals surface area contributed by atoms with Crippen LogP contribution in [0.2, 0.25) is 0 Å². The molecule has 3 rings (SSSR count). The van der Waals surface area contributed by atoms with E-state index in [9.17, 15) is 9.59 Å². The zero-order valence-electron chi connectivity index (χ0n) is 12.1. The van der Waals surface area contributed by atoms with Gasteiger partial charge in [-0.3, -0.25) is 14.7 Å². The largest absolute Gasteiger partial charge is 0.354 e. The van der Waals surface area contributed by atoms with E-state index in [0.29, 0.717) is 23.9 Å². The fourth-order valence-corrected chi connectivity index (χ4v) is 3.54. The standard InChI is InChI=1S/C14H21N5O2/c1-16-14(21)12-11-9(7-2-4-8(15)5-3-7)6-10(20)17-13(11)19-18-12/h7-9H,2-6,15H2,1H3,(H,16,21)(H2,17,18,19,20). The second-order valence-electron chi connectivity index (χ2n) is 5.97. The molecule has 7 heteroatoms. The lowest BCUT2D eigenvalue weighted by atomic mass is 9.73. The number of carbonyl (C=O) groups excluding carboxylic acids is 2. The third kappa shape index (κ3) is 2.53. The zero-order valence-corrected chi connectivity index (χ0v) is 12.1. The molecular weight excluding hydrogens is 270 g/mol. The normalized spacial score (nSPS) is 28.7. The number of anilines is 1. The summed E-state index contributed by atoms with van der Waals surface area (Å²) in [6, 6.07) is 0.265. The van der Waals surface area contributed by atoms with Crippen molar-refractivity contribution in [3.05, 3.63) is 11.3 Å². The summed E-state index contributed by atoms with van der Waals surface area (Å²) >= 11 is 0. The Morgan fingerprint density at radius 3 is 2.71 bits per heavy atom. The molecule has 1 aliphatic heterocycles. The Kier molecular flexibility index (Phi) is 3.67. The molecule has 1 saturated carbocycles. The third-order valence-corrected chi connectivity index (χ3v) is 4.68. The maximum absolute atomic E-state index is 12.0. The molecule has 0 aromatic carbocycles. The number of fused-ring (bicyclic) bond motifs is 1. The van der Waals surface area contributed by atoms with Crippen LogP contribution in [-0.2, 0) is 4.79 Å². The molecule has 1 aromatic heterocycles. The number of amides is 2. The molecule has 0 spiro atoms. The summed E-state index contributed by atoms with van der Waals surface area (Å²) in [5.74, 6) is 0.711. The summed E-state index contributed by atoms with van der Waals surface area (Å²) in [6.45, 7) is 0. The number of carbonyl (C=O) groups is 2. The Morgan fingerprint density at radius 1 is 1.33 bits per heavy atom. The average molecular weight is 291 g/mol. The molecule has 1 atom stereocenters. The number of rotatable bonds is 2. The van der Waals surface area contributed by atoms with Gasteiger partial charge in [0.15, 0.2) is 5.82 Å². The Bertz CT molecular complexity index is 560. The summed E-state index contributed by atoms with van der Waals surface area (Å²) in [4.78, 5) is 23.9. The van der Waals surface area contributed by atoms with E-state index in [1.54, 1.807) is 7.05 Å². The molecule has 1 aromatic rings. The highest BCUT2D eigenvalue weighted by atomic mass is 16.2. The van der Waals surface area contributed by atoms with Crippen molar-refractivity contribution in [1.29, 1.82) is 0 Å². The molecule has 5 N–H and O–H groups in total. The van der Waals surface area contributed by atoms with E-state index in [0.717, 1.165) is 31.2 Å². The van der Waals surface area contributed by atoms with Gasteiger partial charge in [-0.1, -0.05) is 0 Å².